The van der Waals surface area contributed by atoms with Crippen LogP contribution in [0, 0.1) is 0 Å². The number of hydrogen-bond donors (Lipinski definition) is 1. The van der Waals surface area contributed by atoms with Gasteiger partial charge in [-0.1, -0.05) is 36.7 Å². The van der Waals surface area contributed by atoms with Crippen LogP contribution in [0.15, 0.2) is 24.3 Å². The van der Waals surface area contributed by atoms with Crippen molar-refractivity contribution in [1.29, 1.82) is 0 Å². The van der Waals surface area contributed by atoms with Gasteiger partial charge in [-0.2, -0.15) is 0 Å². The normalized spacial score (nSPS) is 13.9. The first kappa shape index (κ1) is 13.8. The molecule has 0 spiro atoms. The molecule has 1 N–H and O–H groups in total. The Morgan fingerprint density at radius 2 is 2.12 bits per heavy atom. The lowest BCUT2D eigenvalue weighted by atomic mass is 10.0. The molecule has 0 heterocycles. The molecule has 0 aliphatic heterocycles. The standard InChI is InChI=1S/C12H16ClNO3/c1-4-12(16-3,17-11(15)14-2)9-7-5-6-8-10(9)13/h5-8H,4H2,1-3H3,(H,14,15)/t12-/m0/s1. The minimum atomic E-state index is -1.15. The van der Waals surface area contributed by atoms with E-state index in [-0.39, 0.29) is 0 Å². The summed E-state index contributed by atoms with van der Waals surface area (Å²) in [4.78, 5) is 11.4. The van der Waals surface area contributed by atoms with E-state index in [1.54, 1.807) is 12.1 Å². The predicted octanol–water partition coefficient (Wildman–Crippen LogP) is 2.91. The van der Waals surface area contributed by atoms with Crippen molar-refractivity contribution in [3.63, 3.8) is 0 Å². The van der Waals surface area contributed by atoms with Crippen molar-refractivity contribution in [3.8, 4) is 0 Å². The van der Waals surface area contributed by atoms with Gasteiger partial charge in [0.05, 0.1) is 5.02 Å². The van der Waals surface area contributed by atoms with E-state index in [1.807, 2.05) is 19.1 Å². The number of carbonyl (C=O) groups excluding carboxylic acids is 1. The number of hydrogen-bond acceptors (Lipinski definition) is 3. The van der Waals surface area contributed by atoms with E-state index in [2.05, 4.69) is 5.32 Å². The molecule has 0 aliphatic carbocycles. The summed E-state index contributed by atoms with van der Waals surface area (Å²) in [5.74, 6) is -1.15. The molecule has 0 aliphatic rings. The molecule has 0 saturated heterocycles. The van der Waals surface area contributed by atoms with Crippen LogP contribution in [0.25, 0.3) is 0 Å². The molecule has 1 aromatic carbocycles. The van der Waals surface area contributed by atoms with E-state index in [0.717, 1.165) is 0 Å². The molecular weight excluding hydrogens is 242 g/mol. The van der Waals surface area contributed by atoms with Crippen molar-refractivity contribution in [2.45, 2.75) is 19.1 Å². The highest BCUT2D eigenvalue weighted by atomic mass is 35.5. The van der Waals surface area contributed by atoms with Gasteiger partial charge in [-0.3, -0.25) is 0 Å². The Kier molecular flexibility index (Phi) is 4.78. The lowest BCUT2D eigenvalue weighted by Gasteiger charge is -2.31. The maximum absolute atomic E-state index is 11.4. The number of benzene rings is 1. The Morgan fingerprint density at radius 1 is 1.47 bits per heavy atom. The van der Waals surface area contributed by atoms with Gasteiger partial charge in [0.2, 0.25) is 5.79 Å². The van der Waals surface area contributed by atoms with Crippen LogP contribution >= 0.6 is 11.6 Å². The number of ether oxygens (including phenoxy) is 2. The zero-order valence-electron chi connectivity index (χ0n) is 10.1. The zero-order chi connectivity index (χ0) is 12.9. The summed E-state index contributed by atoms with van der Waals surface area (Å²) in [5, 5.41) is 2.89. The average molecular weight is 258 g/mol. The number of halogens is 1. The molecule has 94 valence electrons. The molecule has 0 bridgehead atoms. The maximum Gasteiger partial charge on any atom is 0.409 e. The summed E-state index contributed by atoms with van der Waals surface area (Å²) in [5.41, 5.74) is 0.635. The van der Waals surface area contributed by atoms with Crippen molar-refractivity contribution in [2.24, 2.45) is 0 Å². The van der Waals surface area contributed by atoms with E-state index in [4.69, 9.17) is 21.1 Å². The van der Waals surface area contributed by atoms with Gasteiger partial charge in [0.1, 0.15) is 0 Å². The second-order valence-electron chi connectivity index (χ2n) is 3.43. The Bertz CT molecular complexity index is 391. The lowest BCUT2D eigenvalue weighted by Crippen LogP contribution is -2.37. The fraction of sp³-hybridized carbons (Fsp3) is 0.417. The molecule has 0 unspecified atom stereocenters. The number of carbonyl (C=O) groups is 1. The monoisotopic (exact) mass is 257 g/mol. The summed E-state index contributed by atoms with van der Waals surface area (Å²) in [6.45, 7) is 1.86. The van der Waals surface area contributed by atoms with E-state index < -0.39 is 11.9 Å². The Labute approximate surface area is 106 Å². The van der Waals surface area contributed by atoms with Crippen molar-refractivity contribution in [1.82, 2.24) is 5.32 Å². The lowest BCUT2D eigenvalue weighted by molar-refractivity contribution is -0.195. The molecule has 17 heavy (non-hydrogen) atoms. The minimum absolute atomic E-state index is 0.459. The summed E-state index contributed by atoms with van der Waals surface area (Å²) in [6, 6.07) is 7.13. The van der Waals surface area contributed by atoms with Gasteiger partial charge < -0.3 is 14.8 Å². The highest BCUT2D eigenvalue weighted by Crippen LogP contribution is 2.35. The van der Waals surface area contributed by atoms with Crippen LogP contribution in [-0.4, -0.2) is 20.3 Å². The Hall–Kier alpha value is -1.26. The molecule has 5 heteroatoms. The van der Waals surface area contributed by atoms with Crippen LogP contribution in [0.3, 0.4) is 0 Å². The molecular formula is C12H16ClNO3. The van der Waals surface area contributed by atoms with Crippen LogP contribution in [0.5, 0.6) is 0 Å². The minimum Gasteiger partial charge on any atom is -0.412 e. The summed E-state index contributed by atoms with van der Waals surface area (Å²) in [6.07, 6.45) is -0.102. The summed E-state index contributed by atoms with van der Waals surface area (Å²) in [7, 11) is 2.97. The van der Waals surface area contributed by atoms with E-state index in [1.165, 1.54) is 14.2 Å². The fourth-order valence-corrected chi connectivity index (χ4v) is 1.86. The third kappa shape index (κ3) is 2.90. The molecule has 1 rings (SSSR count). The summed E-state index contributed by atoms with van der Waals surface area (Å²) >= 11 is 6.10. The first-order valence-electron chi connectivity index (χ1n) is 5.30. The number of methoxy groups -OCH3 is 1. The molecule has 0 radical (unpaired) electrons. The van der Waals surface area contributed by atoms with Crippen LogP contribution < -0.4 is 5.32 Å². The highest BCUT2D eigenvalue weighted by molar-refractivity contribution is 6.31. The van der Waals surface area contributed by atoms with Crippen LogP contribution in [0.4, 0.5) is 4.79 Å². The Morgan fingerprint density at radius 3 is 2.59 bits per heavy atom. The SMILES string of the molecule is CC[C@](OC)(OC(=O)NC)c1ccccc1Cl. The smallest absolute Gasteiger partial charge is 0.409 e. The predicted molar refractivity (Wildman–Crippen MR) is 66.0 cm³/mol. The fourth-order valence-electron chi connectivity index (χ4n) is 1.58. The second-order valence-corrected chi connectivity index (χ2v) is 3.84. The largest absolute Gasteiger partial charge is 0.412 e. The quantitative estimate of drug-likeness (QED) is 0.844. The molecule has 0 saturated carbocycles. The maximum atomic E-state index is 11.4. The summed E-state index contributed by atoms with van der Waals surface area (Å²) < 4.78 is 10.7. The molecule has 1 aromatic rings. The topological polar surface area (TPSA) is 47.6 Å². The number of alkyl carbamates (subject to hydrolysis) is 1. The average Bonchev–Trinajstić information content (AvgIpc) is 2.36. The first-order valence-corrected chi connectivity index (χ1v) is 5.68. The van der Waals surface area contributed by atoms with Crippen molar-refractivity contribution in [3.05, 3.63) is 34.9 Å². The molecule has 1 atom stereocenters. The number of rotatable bonds is 4. The molecule has 1 amide bonds. The van der Waals surface area contributed by atoms with Gasteiger partial charge in [0.15, 0.2) is 0 Å². The second kappa shape index (κ2) is 5.89. The molecule has 4 nitrogen and oxygen atoms in total. The van der Waals surface area contributed by atoms with E-state index in [0.29, 0.717) is 17.0 Å². The van der Waals surface area contributed by atoms with Gasteiger partial charge in [0, 0.05) is 26.1 Å². The van der Waals surface area contributed by atoms with E-state index in [9.17, 15) is 4.79 Å². The van der Waals surface area contributed by atoms with Gasteiger partial charge >= 0.3 is 6.09 Å². The Balaban J connectivity index is 3.15. The molecule has 0 aromatic heterocycles. The van der Waals surface area contributed by atoms with Crippen LogP contribution in [0.1, 0.15) is 18.9 Å². The van der Waals surface area contributed by atoms with Gasteiger partial charge in [-0.15, -0.1) is 0 Å². The van der Waals surface area contributed by atoms with Crippen LogP contribution in [0.2, 0.25) is 5.02 Å². The van der Waals surface area contributed by atoms with Crippen molar-refractivity contribution in [2.75, 3.05) is 14.2 Å². The third-order valence-electron chi connectivity index (χ3n) is 2.54. The van der Waals surface area contributed by atoms with E-state index >= 15 is 0 Å². The van der Waals surface area contributed by atoms with Gasteiger partial charge in [0.25, 0.3) is 0 Å². The van der Waals surface area contributed by atoms with Gasteiger partial charge in [-0.05, 0) is 6.07 Å². The zero-order valence-corrected chi connectivity index (χ0v) is 10.9. The number of nitrogens with one attached hydrogen (secondary N) is 1. The number of amides is 1. The molecule has 0 fully saturated rings. The highest BCUT2D eigenvalue weighted by Gasteiger charge is 2.36. The first-order chi connectivity index (χ1) is 8.09. The van der Waals surface area contributed by atoms with Crippen LogP contribution in [-0.2, 0) is 15.3 Å². The third-order valence-corrected chi connectivity index (χ3v) is 2.87. The van der Waals surface area contributed by atoms with Crippen molar-refractivity contribution < 1.29 is 14.3 Å². The van der Waals surface area contributed by atoms with Gasteiger partial charge in [-0.25, -0.2) is 4.79 Å². The van der Waals surface area contributed by atoms with Crippen molar-refractivity contribution >= 4 is 17.7 Å².